The smallest absolute Gasteiger partial charge is 0.224 e. The Kier molecular flexibility index (Phi) is 8.76. The lowest BCUT2D eigenvalue weighted by Gasteiger charge is -2.13. The number of nitrogens with two attached hydrogens (primary N) is 1. The molecule has 0 bridgehead atoms. The summed E-state index contributed by atoms with van der Waals surface area (Å²) in [4.78, 5) is 11.9. The number of benzene rings is 1. The van der Waals surface area contributed by atoms with Gasteiger partial charge in [-0.3, -0.25) is 4.79 Å². The van der Waals surface area contributed by atoms with E-state index in [2.05, 4.69) is 5.32 Å². The Morgan fingerprint density at radius 2 is 1.85 bits per heavy atom. The maximum Gasteiger partial charge on any atom is 0.224 e. The summed E-state index contributed by atoms with van der Waals surface area (Å²) in [6.45, 7) is 2.49. The molecule has 3 N–H and O–H groups in total. The molecule has 0 fully saturated rings. The van der Waals surface area contributed by atoms with Crippen molar-refractivity contribution in [2.45, 2.75) is 25.8 Å². The monoisotopic (exact) mass is 302 g/mol. The molecule has 6 heteroatoms. The van der Waals surface area contributed by atoms with Crippen molar-refractivity contribution in [3.63, 3.8) is 0 Å². The number of carbonyl (C=O) groups is 1. The Morgan fingerprint density at radius 1 is 1.30 bits per heavy atom. The summed E-state index contributed by atoms with van der Waals surface area (Å²) in [5.41, 5.74) is 6.39. The van der Waals surface area contributed by atoms with Crippen molar-refractivity contribution in [2.24, 2.45) is 5.73 Å². The highest BCUT2D eigenvalue weighted by molar-refractivity contribution is 5.85. The van der Waals surface area contributed by atoms with E-state index in [0.717, 1.165) is 12.0 Å². The maximum atomic E-state index is 11.9. The molecule has 0 heterocycles. The molecular weight excluding hydrogens is 280 g/mol. The van der Waals surface area contributed by atoms with Gasteiger partial charge in [0.25, 0.3) is 0 Å². The summed E-state index contributed by atoms with van der Waals surface area (Å²) in [6.07, 6.45) is 0.987. The van der Waals surface area contributed by atoms with Gasteiger partial charge < -0.3 is 20.5 Å². The molecule has 20 heavy (non-hydrogen) atoms. The molecule has 0 aliphatic carbocycles. The largest absolute Gasteiger partial charge is 0.496 e. The van der Waals surface area contributed by atoms with Crippen molar-refractivity contribution in [2.75, 3.05) is 20.8 Å². The standard InChI is InChI=1S/C14H22N2O3.ClH/c1-10(15)7-8-16-14(17)9-11-12(18-2)5-4-6-13(11)19-3;/h4-6,10H,7-9,15H2,1-3H3,(H,16,17);1H. The van der Waals surface area contributed by atoms with Crippen LogP contribution in [0.3, 0.4) is 0 Å². The summed E-state index contributed by atoms with van der Waals surface area (Å²) in [6, 6.07) is 5.54. The topological polar surface area (TPSA) is 73.6 Å². The van der Waals surface area contributed by atoms with Crippen LogP contribution in [0.1, 0.15) is 18.9 Å². The Balaban J connectivity index is 0.00000361. The fourth-order valence-electron chi connectivity index (χ4n) is 1.76. The van der Waals surface area contributed by atoms with Gasteiger partial charge in [-0.1, -0.05) is 6.07 Å². The summed E-state index contributed by atoms with van der Waals surface area (Å²) >= 11 is 0. The first-order chi connectivity index (χ1) is 9.08. The number of halogens is 1. The molecule has 1 aromatic carbocycles. The van der Waals surface area contributed by atoms with Gasteiger partial charge in [-0.15, -0.1) is 12.4 Å². The van der Waals surface area contributed by atoms with E-state index in [1.165, 1.54) is 0 Å². The van der Waals surface area contributed by atoms with Gasteiger partial charge in [0.05, 0.1) is 20.6 Å². The van der Waals surface area contributed by atoms with Gasteiger partial charge in [0.2, 0.25) is 5.91 Å². The van der Waals surface area contributed by atoms with Crippen molar-refractivity contribution in [3.8, 4) is 11.5 Å². The molecule has 0 aliphatic heterocycles. The second-order valence-corrected chi connectivity index (χ2v) is 4.43. The molecular formula is C14H23ClN2O3. The highest BCUT2D eigenvalue weighted by atomic mass is 35.5. The van der Waals surface area contributed by atoms with Crippen LogP contribution in [-0.2, 0) is 11.2 Å². The third kappa shape index (κ3) is 5.67. The number of nitrogens with one attached hydrogen (secondary N) is 1. The van der Waals surface area contributed by atoms with Crippen LogP contribution in [0.4, 0.5) is 0 Å². The third-order valence-corrected chi connectivity index (χ3v) is 2.79. The first kappa shape index (κ1) is 18.5. The fraction of sp³-hybridized carbons (Fsp3) is 0.500. The minimum absolute atomic E-state index is 0. The van der Waals surface area contributed by atoms with Crippen molar-refractivity contribution >= 4 is 18.3 Å². The predicted octanol–water partition coefficient (Wildman–Crippen LogP) is 1.52. The molecule has 0 saturated heterocycles. The van der Waals surface area contributed by atoms with Crippen LogP contribution in [0.2, 0.25) is 0 Å². The lowest BCUT2D eigenvalue weighted by atomic mass is 10.1. The zero-order chi connectivity index (χ0) is 14.3. The van der Waals surface area contributed by atoms with Gasteiger partial charge in [-0.05, 0) is 25.5 Å². The zero-order valence-corrected chi connectivity index (χ0v) is 13.0. The summed E-state index contributed by atoms with van der Waals surface area (Å²) < 4.78 is 10.5. The van der Waals surface area contributed by atoms with E-state index in [0.29, 0.717) is 18.0 Å². The van der Waals surface area contributed by atoms with Crippen molar-refractivity contribution < 1.29 is 14.3 Å². The number of rotatable bonds is 7. The minimum atomic E-state index is -0.0662. The molecule has 1 unspecified atom stereocenters. The molecule has 114 valence electrons. The number of ether oxygens (including phenoxy) is 2. The first-order valence-corrected chi connectivity index (χ1v) is 6.30. The van der Waals surface area contributed by atoms with Crippen LogP contribution in [0.25, 0.3) is 0 Å². The number of methoxy groups -OCH3 is 2. The molecule has 0 saturated carbocycles. The van der Waals surface area contributed by atoms with Gasteiger partial charge in [-0.2, -0.15) is 0 Å². The minimum Gasteiger partial charge on any atom is -0.496 e. The number of carbonyl (C=O) groups excluding carboxylic acids is 1. The Hall–Kier alpha value is -1.46. The maximum absolute atomic E-state index is 11.9. The van der Waals surface area contributed by atoms with E-state index < -0.39 is 0 Å². The van der Waals surface area contributed by atoms with E-state index in [1.807, 2.05) is 25.1 Å². The Labute approximate surface area is 126 Å². The second-order valence-electron chi connectivity index (χ2n) is 4.43. The predicted molar refractivity (Wildman–Crippen MR) is 81.8 cm³/mol. The quantitative estimate of drug-likeness (QED) is 0.801. The Morgan fingerprint density at radius 3 is 2.30 bits per heavy atom. The highest BCUT2D eigenvalue weighted by Crippen LogP contribution is 2.28. The third-order valence-electron chi connectivity index (χ3n) is 2.79. The van der Waals surface area contributed by atoms with E-state index in [1.54, 1.807) is 14.2 Å². The lowest BCUT2D eigenvalue weighted by molar-refractivity contribution is -0.120. The first-order valence-electron chi connectivity index (χ1n) is 6.30. The van der Waals surface area contributed by atoms with Crippen molar-refractivity contribution in [1.29, 1.82) is 0 Å². The van der Waals surface area contributed by atoms with Crippen molar-refractivity contribution in [1.82, 2.24) is 5.32 Å². The van der Waals surface area contributed by atoms with E-state index in [9.17, 15) is 4.79 Å². The summed E-state index contributed by atoms with van der Waals surface area (Å²) in [5.74, 6) is 1.24. The molecule has 0 aromatic heterocycles. The molecule has 5 nitrogen and oxygen atoms in total. The van der Waals surface area contributed by atoms with Crippen LogP contribution in [0.15, 0.2) is 18.2 Å². The van der Waals surface area contributed by atoms with Crippen molar-refractivity contribution in [3.05, 3.63) is 23.8 Å². The van der Waals surface area contributed by atoms with E-state index in [-0.39, 0.29) is 30.8 Å². The van der Waals surface area contributed by atoms with E-state index >= 15 is 0 Å². The molecule has 0 radical (unpaired) electrons. The fourth-order valence-corrected chi connectivity index (χ4v) is 1.76. The Bertz CT molecular complexity index is 403. The average molecular weight is 303 g/mol. The van der Waals surface area contributed by atoms with Crippen LogP contribution >= 0.6 is 12.4 Å². The van der Waals surface area contributed by atoms with Crippen LogP contribution in [0, 0.1) is 0 Å². The van der Waals surface area contributed by atoms with Gasteiger partial charge in [0.1, 0.15) is 11.5 Å². The average Bonchev–Trinajstić information content (AvgIpc) is 2.38. The van der Waals surface area contributed by atoms with Crippen LogP contribution in [0.5, 0.6) is 11.5 Å². The SMILES string of the molecule is COc1cccc(OC)c1CC(=O)NCCC(C)N.Cl. The van der Waals surface area contributed by atoms with Gasteiger partial charge in [0, 0.05) is 18.2 Å². The zero-order valence-electron chi connectivity index (χ0n) is 12.1. The second kappa shape index (κ2) is 9.44. The number of hydrogen-bond acceptors (Lipinski definition) is 4. The van der Waals surface area contributed by atoms with Crippen LogP contribution < -0.4 is 20.5 Å². The normalized spacial score (nSPS) is 11.2. The number of amides is 1. The van der Waals surface area contributed by atoms with Gasteiger partial charge in [0.15, 0.2) is 0 Å². The molecule has 1 aromatic rings. The van der Waals surface area contributed by atoms with Gasteiger partial charge in [-0.25, -0.2) is 0 Å². The molecule has 0 aliphatic rings. The molecule has 0 spiro atoms. The summed E-state index contributed by atoms with van der Waals surface area (Å²) in [5, 5.41) is 2.84. The number of hydrogen-bond donors (Lipinski definition) is 2. The lowest BCUT2D eigenvalue weighted by Crippen LogP contribution is -2.30. The highest BCUT2D eigenvalue weighted by Gasteiger charge is 2.13. The summed E-state index contributed by atoms with van der Waals surface area (Å²) in [7, 11) is 3.15. The molecule has 1 amide bonds. The molecule has 1 atom stereocenters. The molecule has 1 rings (SSSR count). The van der Waals surface area contributed by atoms with Crippen LogP contribution in [-0.4, -0.2) is 32.7 Å². The van der Waals surface area contributed by atoms with Gasteiger partial charge >= 0.3 is 0 Å². The van der Waals surface area contributed by atoms with E-state index in [4.69, 9.17) is 15.2 Å².